The number of nitrogens with one attached hydrogen (secondary N) is 1. The van der Waals surface area contributed by atoms with Gasteiger partial charge in [0.05, 0.1) is 39.3 Å². The van der Waals surface area contributed by atoms with E-state index in [9.17, 15) is 13.2 Å². The summed E-state index contributed by atoms with van der Waals surface area (Å²) in [5, 5.41) is 3.18. The van der Waals surface area contributed by atoms with E-state index in [1.165, 1.54) is 25.3 Å². The van der Waals surface area contributed by atoms with Gasteiger partial charge in [0, 0.05) is 6.54 Å². The van der Waals surface area contributed by atoms with Gasteiger partial charge in [0.1, 0.15) is 5.75 Å². The lowest BCUT2D eigenvalue weighted by molar-refractivity contribution is -0.116. The minimum absolute atomic E-state index is 0.0382. The fourth-order valence-corrected chi connectivity index (χ4v) is 4.38. The molecule has 2 aromatic rings. The van der Waals surface area contributed by atoms with Crippen LogP contribution in [0.1, 0.15) is 6.92 Å². The average molecular weight is 452 g/mol. The van der Waals surface area contributed by atoms with E-state index in [4.69, 9.17) is 39.5 Å². The van der Waals surface area contributed by atoms with Gasteiger partial charge in [-0.3, -0.25) is 4.79 Å². The van der Waals surface area contributed by atoms with Gasteiger partial charge in [-0.2, -0.15) is 4.31 Å². The molecule has 146 valence electrons. The summed E-state index contributed by atoms with van der Waals surface area (Å²) < 4.78 is 31.7. The van der Waals surface area contributed by atoms with E-state index in [2.05, 4.69) is 5.32 Å². The van der Waals surface area contributed by atoms with Crippen LogP contribution in [-0.4, -0.2) is 38.8 Å². The van der Waals surface area contributed by atoms with Crippen LogP contribution in [0.2, 0.25) is 15.1 Å². The summed E-state index contributed by atoms with van der Waals surface area (Å²) in [5.41, 5.74) is 0.301. The molecule has 2 aromatic carbocycles. The molecule has 0 spiro atoms. The zero-order chi connectivity index (χ0) is 20.2. The molecule has 2 rings (SSSR count). The number of sulfonamides is 1. The van der Waals surface area contributed by atoms with Crippen molar-refractivity contribution >= 4 is 56.4 Å². The number of nitrogens with zero attached hydrogens (tertiary/aromatic N) is 1. The molecule has 1 amide bonds. The normalized spacial score (nSPS) is 11.5. The van der Waals surface area contributed by atoms with Crippen molar-refractivity contribution in [2.45, 2.75) is 11.8 Å². The van der Waals surface area contributed by atoms with Crippen molar-refractivity contribution in [3.8, 4) is 5.75 Å². The molecule has 0 radical (unpaired) electrons. The van der Waals surface area contributed by atoms with E-state index in [1.807, 2.05) is 0 Å². The largest absolute Gasteiger partial charge is 0.495 e. The monoisotopic (exact) mass is 450 g/mol. The van der Waals surface area contributed by atoms with E-state index in [0.29, 0.717) is 11.4 Å². The number of carbonyl (C=O) groups excluding carboxylic acids is 1. The third-order valence-electron chi connectivity index (χ3n) is 3.66. The Hall–Kier alpha value is -1.51. The van der Waals surface area contributed by atoms with E-state index >= 15 is 0 Å². The Bertz CT molecular complexity index is 951. The number of hydrogen-bond donors (Lipinski definition) is 1. The second-order valence-corrected chi connectivity index (χ2v) is 8.51. The van der Waals surface area contributed by atoms with Gasteiger partial charge in [0.25, 0.3) is 0 Å². The maximum absolute atomic E-state index is 12.8. The molecule has 0 bridgehead atoms. The Kier molecular flexibility index (Phi) is 7.36. The topological polar surface area (TPSA) is 75.7 Å². The van der Waals surface area contributed by atoms with Crippen LogP contribution in [0, 0.1) is 0 Å². The molecular weight excluding hydrogens is 435 g/mol. The Morgan fingerprint density at radius 3 is 2.44 bits per heavy atom. The van der Waals surface area contributed by atoms with Crippen LogP contribution in [0.15, 0.2) is 41.3 Å². The number of ether oxygens (including phenoxy) is 1. The highest BCUT2D eigenvalue weighted by atomic mass is 35.5. The summed E-state index contributed by atoms with van der Waals surface area (Å²) in [7, 11) is -2.50. The fourth-order valence-electron chi connectivity index (χ4n) is 2.27. The lowest BCUT2D eigenvalue weighted by Crippen LogP contribution is -2.37. The van der Waals surface area contributed by atoms with Crippen LogP contribution in [0.5, 0.6) is 5.75 Å². The van der Waals surface area contributed by atoms with Gasteiger partial charge < -0.3 is 10.1 Å². The van der Waals surface area contributed by atoms with Gasteiger partial charge in [-0.25, -0.2) is 8.42 Å². The Morgan fingerprint density at radius 2 is 1.85 bits per heavy atom. The molecule has 27 heavy (non-hydrogen) atoms. The molecule has 0 fully saturated rings. The highest BCUT2D eigenvalue weighted by molar-refractivity contribution is 7.89. The first-order chi connectivity index (χ1) is 12.7. The predicted octanol–water partition coefficient (Wildman–Crippen LogP) is 4.30. The first kappa shape index (κ1) is 21.8. The summed E-state index contributed by atoms with van der Waals surface area (Å²) in [6.07, 6.45) is 0. The molecule has 0 saturated heterocycles. The standard InChI is InChI=1S/C17H17Cl3N2O4S/c1-3-22(10-16(23)21-14-6-4-5-12(18)17(14)20)27(24,25)11-7-8-15(26-2)13(19)9-11/h4-9H,3,10H2,1-2H3,(H,21,23). The highest BCUT2D eigenvalue weighted by Crippen LogP contribution is 2.30. The van der Waals surface area contributed by atoms with Gasteiger partial charge >= 0.3 is 0 Å². The number of carbonyl (C=O) groups is 1. The van der Waals surface area contributed by atoms with Gasteiger partial charge in [-0.05, 0) is 30.3 Å². The maximum Gasteiger partial charge on any atom is 0.243 e. The quantitative estimate of drug-likeness (QED) is 0.681. The molecule has 10 heteroatoms. The second-order valence-electron chi connectivity index (χ2n) is 5.38. The van der Waals surface area contributed by atoms with E-state index < -0.39 is 22.5 Å². The first-order valence-corrected chi connectivity index (χ1v) is 10.4. The van der Waals surface area contributed by atoms with Crippen molar-refractivity contribution in [2.24, 2.45) is 0 Å². The second kappa shape index (κ2) is 9.12. The number of benzene rings is 2. The molecule has 0 aliphatic heterocycles. The van der Waals surface area contributed by atoms with E-state index in [-0.39, 0.29) is 26.5 Å². The van der Waals surface area contributed by atoms with Crippen LogP contribution in [0.3, 0.4) is 0 Å². The predicted molar refractivity (Wildman–Crippen MR) is 108 cm³/mol. The number of anilines is 1. The summed E-state index contributed by atoms with van der Waals surface area (Å²) in [4.78, 5) is 12.3. The van der Waals surface area contributed by atoms with Crippen molar-refractivity contribution < 1.29 is 17.9 Å². The van der Waals surface area contributed by atoms with E-state index in [1.54, 1.807) is 25.1 Å². The average Bonchev–Trinajstić information content (AvgIpc) is 2.63. The van der Waals surface area contributed by atoms with Crippen molar-refractivity contribution in [1.29, 1.82) is 0 Å². The highest BCUT2D eigenvalue weighted by Gasteiger charge is 2.26. The summed E-state index contributed by atoms with van der Waals surface area (Å²) in [5.74, 6) is -0.198. The smallest absolute Gasteiger partial charge is 0.243 e. The number of amides is 1. The number of likely N-dealkylation sites (N-methyl/N-ethyl adjacent to an activating group) is 1. The van der Waals surface area contributed by atoms with Gasteiger partial charge in [-0.15, -0.1) is 0 Å². The number of rotatable bonds is 7. The molecule has 0 aromatic heterocycles. The Labute approximate surface area is 173 Å². The summed E-state index contributed by atoms with van der Waals surface area (Å²) in [6.45, 7) is 1.32. The Balaban J connectivity index is 2.21. The van der Waals surface area contributed by atoms with Crippen LogP contribution < -0.4 is 10.1 Å². The maximum atomic E-state index is 12.8. The molecule has 0 aliphatic carbocycles. The molecule has 0 heterocycles. The number of methoxy groups -OCH3 is 1. The van der Waals surface area contributed by atoms with Crippen molar-refractivity contribution in [2.75, 3.05) is 25.5 Å². The first-order valence-electron chi connectivity index (χ1n) is 7.78. The molecule has 0 atom stereocenters. The van der Waals surface area contributed by atoms with Crippen molar-refractivity contribution in [3.05, 3.63) is 51.5 Å². The fraction of sp³-hybridized carbons (Fsp3) is 0.235. The zero-order valence-electron chi connectivity index (χ0n) is 14.5. The van der Waals surface area contributed by atoms with Gasteiger partial charge in [0.15, 0.2) is 0 Å². The van der Waals surface area contributed by atoms with Crippen LogP contribution in [-0.2, 0) is 14.8 Å². The van der Waals surface area contributed by atoms with Crippen molar-refractivity contribution in [1.82, 2.24) is 4.31 Å². The summed E-state index contributed by atoms with van der Waals surface area (Å²) >= 11 is 18.0. The molecular formula is C17H17Cl3N2O4S. The van der Waals surface area contributed by atoms with Crippen LogP contribution in [0.4, 0.5) is 5.69 Å². The number of hydrogen-bond acceptors (Lipinski definition) is 4. The third-order valence-corrected chi connectivity index (χ3v) is 6.69. The zero-order valence-corrected chi connectivity index (χ0v) is 17.6. The third kappa shape index (κ3) is 5.06. The number of halogens is 3. The molecule has 1 N–H and O–H groups in total. The lowest BCUT2D eigenvalue weighted by atomic mass is 10.3. The molecule has 0 saturated carbocycles. The lowest BCUT2D eigenvalue weighted by Gasteiger charge is -2.20. The SMILES string of the molecule is CCN(CC(=O)Nc1cccc(Cl)c1Cl)S(=O)(=O)c1ccc(OC)c(Cl)c1. The molecule has 6 nitrogen and oxygen atoms in total. The summed E-state index contributed by atoms with van der Waals surface area (Å²) in [6, 6.07) is 8.88. The Morgan fingerprint density at radius 1 is 1.15 bits per heavy atom. The minimum Gasteiger partial charge on any atom is -0.495 e. The molecule has 0 aliphatic rings. The van der Waals surface area contributed by atoms with Crippen LogP contribution >= 0.6 is 34.8 Å². The van der Waals surface area contributed by atoms with Crippen LogP contribution in [0.25, 0.3) is 0 Å². The van der Waals surface area contributed by atoms with E-state index in [0.717, 1.165) is 4.31 Å². The van der Waals surface area contributed by atoms with Crippen molar-refractivity contribution in [3.63, 3.8) is 0 Å². The van der Waals surface area contributed by atoms with Gasteiger partial charge in [0.2, 0.25) is 15.9 Å². The molecule has 0 unspecified atom stereocenters. The minimum atomic E-state index is -3.93. The van der Waals surface area contributed by atoms with Gasteiger partial charge in [-0.1, -0.05) is 47.8 Å².